The molecule has 2 aromatic rings. The van der Waals surface area contributed by atoms with Crippen LogP contribution in [0.15, 0.2) is 26.0 Å². The summed E-state index contributed by atoms with van der Waals surface area (Å²) in [5, 5.41) is 9.08. The summed E-state index contributed by atoms with van der Waals surface area (Å²) in [6.45, 7) is 0. The second kappa shape index (κ2) is 4.46. The number of rotatable bonds is 2. The lowest BCUT2D eigenvalue weighted by Crippen LogP contribution is -2.10. The zero-order valence-corrected chi connectivity index (χ0v) is 11.2. The van der Waals surface area contributed by atoms with Crippen molar-refractivity contribution in [3.05, 3.63) is 31.6 Å². The zero-order valence-electron chi connectivity index (χ0n) is 7.25. The second-order valence-corrected chi connectivity index (χ2v) is 6.43. The summed E-state index contributed by atoms with van der Waals surface area (Å²) < 4.78 is 1.71. The molecule has 0 radical (unpaired) electrons. The van der Waals surface area contributed by atoms with Gasteiger partial charge >= 0.3 is 0 Å². The summed E-state index contributed by atoms with van der Waals surface area (Å²) in [4.78, 5) is 11.7. The van der Waals surface area contributed by atoms with E-state index >= 15 is 0 Å². The molecule has 0 spiro atoms. The van der Waals surface area contributed by atoms with Crippen molar-refractivity contribution in [1.29, 1.82) is 0 Å². The van der Waals surface area contributed by atoms with E-state index in [0.29, 0.717) is 11.3 Å². The third-order valence-electron chi connectivity index (χ3n) is 1.66. The van der Waals surface area contributed by atoms with Crippen LogP contribution in [0, 0.1) is 0 Å². The highest BCUT2D eigenvalue weighted by molar-refractivity contribution is 9.12. The number of halogens is 2. The highest BCUT2D eigenvalue weighted by atomic mass is 79.9. The minimum atomic E-state index is -0.162. The first-order chi connectivity index (χ1) is 7.16. The lowest BCUT2D eigenvalue weighted by molar-refractivity contribution is 0.102. The second-order valence-electron chi connectivity index (χ2n) is 2.68. The van der Waals surface area contributed by atoms with Gasteiger partial charge in [0.15, 0.2) is 0 Å². The summed E-state index contributed by atoms with van der Waals surface area (Å²) in [6, 6.07) is 1.77. The molecule has 2 N–H and O–H groups in total. The number of H-pyrrole nitrogens is 1. The van der Waals surface area contributed by atoms with E-state index in [9.17, 15) is 4.79 Å². The average Bonchev–Trinajstić information content (AvgIpc) is 2.75. The van der Waals surface area contributed by atoms with Crippen LogP contribution in [-0.4, -0.2) is 16.1 Å². The lowest BCUT2D eigenvalue weighted by atomic mass is 10.3. The molecule has 0 saturated heterocycles. The Kier molecular flexibility index (Phi) is 3.22. The molecule has 0 bridgehead atoms. The van der Waals surface area contributed by atoms with Crippen molar-refractivity contribution in [2.75, 3.05) is 5.32 Å². The van der Waals surface area contributed by atoms with E-state index < -0.39 is 0 Å². The first-order valence-electron chi connectivity index (χ1n) is 3.92. The zero-order chi connectivity index (χ0) is 10.8. The molecule has 0 saturated carbocycles. The first-order valence-corrected chi connectivity index (χ1v) is 6.32. The van der Waals surface area contributed by atoms with E-state index in [1.165, 1.54) is 11.3 Å². The molecule has 4 nitrogen and oxygen atoms in total. The number of nitrogens with one attached hydrogen (secondary N) is 2. The molecule has 0 aliphatic heterocycles. The summed E-state index contributed by atoms with van der Waals surface area (Å²) in [6.07, 6.45) is 3.17. The molecular formula is C8H5Br2N3OS. The monoisotopic (exact) mass is 349 g/mol. The van der Waals surface area contributed by atoms with E-state index in [-0.39, 0.29) is 5.91 Å². The van der Waals surface area contributed by atoms with Crippen LogP contribution in [0.5, 0.6) is 0 Å². The van der Waals surface area contributed by atoms with Crippen molar-refractivity contribution in [2.45, 2.75) is 0 Å². The van der Waals surface area contributed by atoms with E-state index in [4.69, 9.17) is 0 Å². The van der Waals surface area contributed by atoms with Crippen molar-refractivity contribution in [3.63, 3.8) is 0 Å². The SMILES string of the molecule is O=C(Nc1cn[nH]c1)c1cc(Br)sc1Br. The third-order valence-corrected chi connectivity index (χ3v) is 4.00. The number of aromatic nitrogens is 2. The molecule has 0 atom stereocenters. The van der Waals surface area contributed by atoms with Gasteiger partial charge in [0.1, 0.15) is 0 Å². The van der Waals surface area contributed by atoms with Crippen molar-refractivity contribution in [3.8, 4) is 0 Å². The Labute approximate surface area is 106 Å². The molecule has 0 aliphatic rings. The minimum Gasteiger partial charge on any atom is -0.319 e. The van der Waals surface area contributed by atoms with Gasteiger partial charge in [-0.05, 0) is 37.9 Å². The van der Waals surface area contributed by atoms with Gasteiger partial charge in [-0.25, -0.2) is 0 Å². The molecule has 0 unspecified atom stereocenters. The molecule has 0 aromatic carbocycles. The predicted molar refractivity (Wildman–Crippen MR) is 66.3 cm³/mol. The maximum atomic E-state index is 11.7. The highest BCUT2D eigenvalue weighted by Gasteiger charge is 2.13. The molecule has 0 fully saturated rings. The van der Waals surface area contributed by atoms with Crippen LogP contribution >= 0.6 is 43.2 Å². The topological polar surface area (TPSA) is 57.8 Å². The van der Waals surface area contributed by atoms with Gasteiger partial charge in [-0.3, -0.25) is 9.89 Å². The number of carbonyl (C=O) groups is 1. The molecule has 0 aliphatic carbocycles. The van der Waals surface area contributed by atoms with Crippen LogP contribution in [0.2, 0.25) is 0 Å². The van der Waals surface area contributed by atoms with Gasteiger partial charge in [0, 0.05) is 6.20 Å². The Morgan fingerprint density at radius 3 is 2.87 bits per heavy atom. The maximum Gasteiger partial charge on any atom is 0.257 e. The number of thiophene rings is 1. The van der Waals surface area contributed by atoms with Crippen LogP contribution in [0.3, 0.4) is 0 Å². The quantitative estimate of drug-likeness (QED) is 0.873. The Bertz CT molecular complexity index is 480. The predicted octanol–water partition coefficient (Wildman–Crippen LogP) is 3.25. The van der Waals surface area contributed by atoms with Crippen LogP contribution in [0.1, 0.15) is 10.4 Å². The van der Waals surface area contributed by atoms with Gasteiger partial charge in [0.25, 0.3) is 5.91 Å². The molecule has 2 rings (SSSR count). The van der Waals surface area contributed by atoms with Gasteiger partial charge in [0.05, 0.1) is 25.0 Å². The van der Waals surface area contributed by atoms with Crippen LogP contribution in [0.4, 0.5) is 5.69 Å². The lowest BCUT2D eigenvalue weighted by Gasteiger charge is -1.99. The van der Waals surface area contributed by atoms with E-state index in [1.54, 1.807) is 18.5 Å². The Morgan fingerprint density at radius 2 is 2.33 bits per heavy atom. The van der Waals surface area contributed by atoms with E-state index in [0.717, 1.165) is 7.57 Å². The Balaban J connectivity index is 2.18. The molecule has 7 heteroatoms. The standard InChI is InChI=1S/C8H5Br2N3OS/c9-6-1-5(7(10)15-6)8(14)13-4-2-11-12-3-4/h1-3H,(H,11,12)(H,13,14). The number of hydrogen-bond donors (Lipinski definition) is 2. The number of aromatic amines is 1. The fourth-order valence-corrected chi connectivity index (χ4v) is 3.81. The van der Waals surface area contributed by atoms with Gasteiger partial charge in [-0.2, -0.15) is 5.10 Å². The number of anilines is 1. The summed E-state index contributed by atoms with van der Waals surface area (Å²) >= 11 is 8.10. The number of amides is 1. The van der Waals surface area contributed by atoms with Crippen molar-refractivity contribution < 1.29 is 4.79 Å². The Hall–Kier alpha value is -0.660. The largest absolute Gasteiger partial charge is 0.319 e. The average molecular weight is 351 g/mol. The van der Waals surface area contributed by atoms with Crippen molar-refractivity contribution in [1.82, 2.24) is 10.2 Å². The summed E-state index contributed by atoms with van der Waals surface area (Å²) in [5.41, 5.74) is 1.25. The number of carbonyl (C=O) groups excluding carboxylic acids is 1. The number of nitrogens with zero attached hydrogens (tertiary/aromatic N) is 1. The Morgan fingerprint density at radius 1 is 1.53 bits per heavy atom. The van der Waals surface area contributed by atoms with Crippen LogP contribution < -0.4 is 5.32 Å². The fraction of sp³-hybridized carbons (Fsp3) is 0. The molecule has 15 heavy (non-hydrogen) atoms. The van der Waals surface area contributed by atoms with Gasteiger partial charge in [-0.15, -0.1) is 11.3 Å². The smallest absolute Gasteiger partial charge is 0.257 e. The molecule has 78 valence electrons. The first kappa shape index (κ1) is 10.8. The van der Waals surface area contributed by atoms with E-state index in [1.807, 2.05) is 0 Å². The van der Waals surface area contributed by atoms with Crippen LogP contribution in [-0.2, 0) is 0 Å². The molecule has 1 amide bonds. The van der Waals surface area contributed by atoms with Gasteiger partial charge in [-0.1, -0.05) is 0 Å². The molecular weight excluding hydrogens is 346 g/mol. The van der Waals surface area contributed by atoms with E-state index in [2.05, 4.69) is 47.4 Å². The van der Waals surface area contributed by atoms with Gasteiger partial charge < -0.3 is 5.32 Å². The highest BCUT2D eigenvalue weighted by Crippen LogP contribution is 2.32. The fourth-order valence-electron chi connectivity index (χ4n) is 1.01. The molecule has 2 heterocycles. The van der Waals surface area contributed by atoms with Crippen molar-refractivity contribution >= 4 is 54.8 Å². The molecule has 2 aromatic heterocycles. The van der Waals surface area contributed by atoms with Crippen molar-refractivity contribution in [2.24, 2.45) is 0 Å². The number of hydrogen-bond acceptors (Lipinski definition) is 3. The van der Waals surface area contributed by atoms with Crippen LogP contribution in [0.25, 0.3) is 0 Å². The van der Waals surface area contributed by atoms with Gasteiger partial charge in [0.2, 0.25) is 0 Å². The summed E-state index contributed by atoms with van der Waals surface area (Å²) in [7, 11) is 0. The maximum absolute atomic E-state index is 11.7. The normalized spacial score (nSPS) is 10.3. The summed E-state index contributed by atoms with van der Waals surface area (Å²) in [5.74, 6) is -0.162. The minimum absolute atomic E-state index is 0.162. The third kappa shape index (κ3) is 2.47.